The first-order valence-corrected chi connectivity index (χ1v) is 13.7. The molecule has 204 valence electrons. The SMILES string of the molecule is CC(C)(O)CNCc1cc(Cl)c(O[C@H]2CCc3c(-c4ccccc4)cccc32)cc1OCc1cncc(C#N)c1. The Kier molecular flexibility index (Phi) is 8.37. The van der Waals surface area contributed by atoms with Crippen LogP contribution in [0.25, 0.3) is 11.1 Å². The number of ether oxygens (including phenoxy) is 2. The van der Waals surface area contributed by atoms with Crippen molar-refractivity contribution in [3.8, 4) is 28.7 Å². The van der Waals surface area contributed by atoms with Crippen LogP contribution in [-0.4, -0.2) is 22.2 Å². The Labute approximate surface area is 240 Å². The Hall–Kier alpha value is -3.89. The molecule has 1 aliphatic rings. The predicted octanol–water partition coefficient (Wildman–Crippen LogP) is 6.78. The number of hydrogen-bond donors (Lipinski definition) is 2. The third kappa shape index (κ3) is 6.63. The van der Waals surface area contributed by atoms with Crippen molar-refractivity contribution in [1.82, 2.24) is 10.3 Å². The minimum atomic E-state index is -0.855. The molecule has 7 heteroatoms. The van der Waals surface area contributed by atoms with Gasteiger partial charge in [0.25, 0.3) is 0 Å². The van der Waals surface area contributed by atoms with Gasteiger partial charge in [0.05, 0.1) is 16.2 Å². The number of pyridine rings is 1. The summed E-state index contributed by atoms with van der Waals surface area (Å²) >= 11 is 6.76. The van der Waals surface area contributed by atoms with Gasteiger partial charge in [-0.2, -0.15) is 5.26 Å². The Morgan fingerprint density at radius 3 is 2.67 bits per heavy atom. The highest BCUT2D eigenvalue weighted by Crippen LogP contribution is 2.42. The van der Waals surface area contributed by atoms with E-state index in [1.165, 1.54) is 28.5 Å². The van der Waals surface area contributed by atoms with Crippen LogP contribution in [0.2, 0.25) is 5.02 Å². The molecule has 0 saturated carbocycles. The summed E-state index contributed by atoms with van der Waals surface area (Å²) in [5.74, 6) is 1.16. The summed E-state index contributed by atoms with van der Waals surface area (Å²) in [6.45, 7) is 4.58. The van der Waals surface area contributed by atoms with Gasteiger partial charge in [0.2, 0.25) is 0 Å². The average molecular weight is 554 g/mol. The van der Waals surface area contributed by atoms with Gasteiger partial charge in [-0.25, -0.2) is 0 Å². The predicted molar refractivity (Wildman–Crippen MR) is 156 cm³/mol. The molecule has 40 heavy (non-hydrogen) atoms. The lowest BCUT2D eigenvalue weighted by Gasteiger charge is -2.21. The highest BCUT2D eigenvalue weighted by atomic mass is 35.5. The molecule has 0 spiro atoms. The van der Waals surface area contributed by atoms with Crippen molar-refractivity contribution < 1.29 is 14.6 Å². The Morgan fingerprint density at radius 2 is 1.90 bits per heavy atom. The Bertz CT molecular complexity index is 1530. The first-order chi connectivity index (χ1) is 19.3. The quantitative estimate of drug-likeness (QED) is 0.225. The van der Waals surface area contributed by atoms with E-state index in [9.17, 15) is 10.4 Å². The maximum Gasteiger partial charge on any atom is 0.142 e. The van der Waals surface area contributed by atoms with E-state index in [0.717, 1.165) is 24.0 Å². The van der Waals surface area contributed by atoms with Crippen molar-refractivity contribution in [3.05, 3.63) is 112 Å². The second-order valence-electron chi connectivity index (χ2n) is 10.7. The number of aromatic nitrogens is 1. The topological polar surface area (TPSA) is 87.4 Å². The Balaban J connectivity index is 1.40. The molecule has 0 aliphatic heterocycles. The summed E-state index contributed by atoms with van der Waals surface area (Å²) in [4.78, 5) is 4.13. The molecule has 1 aromatic heterocycles. The second kappa shape index (κ2) is 12.1. The van der Waals surface area contributed by atoms with E-state index in [2.05, 4.69) is 58.8 Å². The largest absolute Gasteiger partial charge is 0.488 e. The molecule has 0 saturated heterocycles. The van der Waals surface area contributed by atoms with Crippen LogP contribution in [-0.2, 0) is 19.6 Å². The van der Waals surface area contributed by atoms with E-state index in [4.69, 9.17) is 21.1 Å². The molecule has 1 aliphatic carbocycles. The summed E-state index contributed by atoms with van der Waals surface area (Å²) in [7, 11) is 0. The molecule has 0 amide bonds. The highest BCUT2D eigenvalue weighted by molar-refractivity contribution is 6.32. The van der Waals surface area contributed by atoms with Gasteiger partial charge in [-0.15, -0.1) is 0 Å². The summed E-state index contributed by atoms with van der Waals surface area (Å²) < 4.78 is 12.8. The first-order valence-electron chi connectivity index (χ1n) is 13.4. The number of nitrogens with one attached hydrogen (secondary N) is 1. The Morgan fingerprint density at radius 1 is 1.07 bits per heavy atom. The van der Waals surface area contributed by atoms with Gasteiger partial charge in [-0.1, -0.05) is 60.1 Å². The molecule has 0 radical (unpaired) electrons. The van der Waals surface area contributed by atoms with E-state index in [-0.39, 0.29) is 12.7 Å². The highest BCUT2D eigenvalue weighted by Gasteiger charge is 2.27. The van der Waals surface area contributed by atoms with Crippen LogP contribution in [0.3, 0.4) is 0 Å². The van der Waals surface area contributed by atoms with Crippen molar-refractivity contribution in [2.24, 2.45) is 0 Å². The molecule has 0 bridgehead atoms. The molecular weight excluding hydrogens is 522 g/mol. The molecule has 6 nitrogen and oxygen atoms in total. The van der Waals surface area contributed by atoms with E-state index >= 15 is 0 Å². The van der Waals surface area contributed by atoms with E-state index in [1.54, 1.807) is 26.1 Å². The fraction of sp³-hybridized carbons (Fsp3) is 0.273. The zero-order valence-corrected chi connectivity index (χ0v) is 23.4. The maximum absolute atomic E-state index is 10.1. The zero-order valence-electron chi connectivity index (χ0n) is 22.7. The van der Waals surface area contributed by atoms with Crippen molar-refractivity contribution in [3.63, 3.8) is 0 Å². The van der Waals surface area contributed by atoms with E-state index in [1.807, 2.05) is 18.2 Å². The van der Waals surface area contributed by atoms with Gasteiger partial charge in [0, 0.05) is 42.7 Å². The molecule has 2 N–H and O–H groups in total. The standard InChI is InChI=1S/C33H32ClN3O3/c1-33(2,38)21-37-19-25-14-29(34)32(15-31(25)39-20-23-13-22(16-35)17-36-18-23)40-30-12-11-27-26(9-6-10-28(27)30)24-7-4-3-5-8-24/h3-10,13-15,17-18,30,37-38H,11-12,19-21H2,1-2H3/t30-/m0/s1. The van der Waals surface area contributed by atoms with Crippen molar-refractivity contribution in [1.29, 1.82) is 5.26 Å². The normalized spacial score (nSPS) is 14.4. The molecule has 0 unspecified atom stereocenters. The summed E-state index contributed by atoms with van der Waals surface area (Å²) in [5, 5.41) is 23.1. The number of halogens is 1. The molecule has 5 rings (SSSR count). The monoisotopic (exact) mass is 553 g/mol. The van der Waals surface area contributed by atoms with Gasteiger partial charge in [-0.05, 0) is 61.1 Å². The maximum atomic E-state index is 10.1. The third-order valence-electron chi connectivity index (χ3n) is 6.88. The van der Waals surface area contributed by atoms with Gasteiger partial charge >= 0.3 is 0 Å². The molecule has 3 aromatic carbocycles. The van der Waals surface area contributed by atoms with Crippen molar-refractivity contribution in [2.45, 2.75) is 51.5 Å². The van der Waals surface area contributed by atoms with Gasteiger partial charge in [0.15, 0.2) is 0 Å². The lowest BCUT2D eigenvalue weighted by atomic mass is 9.97. The zero-order chi connectivity index (χ0) is 28.1. The van der Waals surface area contributed by atoms with Crippen LogP contribution >= 0.6 is 11.6 Å². The smallest absolute Gasteiger partial charge is 0.142 e. The molecule has 1 heterocycles. The lowest BCUT2D eigenvalue weighted by Crippen LogP contribution is -2.34. The van der Waals surface area contributed by atoms with Gasteiger partial charge < -0.3 is 19.9 Å². The molecule has 0 fully saturated rings. The molecule has 1 atom stereocenters. The third-order valence-corrected chi connectivity index (χ3v) is 7.17. The van der Waals surface area contributed by atoms with E-state index < -0.39 is 5.60 Å². The van der Waals surface area contributed by atoms with Crippen LogP contribution in [0.5, 0.6) is 11.5 Å². The van der Waals surface area contributed by atoms with Crippen molar-refractivity contribution >= 4 is 11.6 Å². The lowest BCUT2D eigenvalue weighted by molar-refractivity contribution is 0.0794. The van der Waals surface area contributed by atoms with Crippen LogP contribution in [0.15, 0.2) is 79.1 Å². The van der Waals surface area contributed by atoms with Crippen LogP contribution < -0.4 is 14.8 Å². The molecule has 4 aromatic rings. The minimum absolute atomic E-state index is 0.125. The fourth-order valence-electron chi connectivity index (χ4n) is 5.01. The number of fused-ring (bicyclic) bond motifs is 1. The fourth-order valence-corrected chi connectivity index (χ4v) is 5.24. The first kappa shape index (κ1) is 27.7. The average Bonchev–Trinajstić information content (AvgIpc) is 3.36. The van der Waals surface area contributed by atoms with Crippen LogP contribution in [0, 0.1) is 11.3 Å². The van der Waals surface area contributed by atoms with Crippen LogP contribution in [0.4, 0.5) is 0 Å². The number of nitriles is 1. The summed E-state index contributed by atoms with van der Waals surface area (Å²) in [6.07, 6.45) is 4.85. The molecular formula is C33H32ClN3O3. The number of nitrogens with zero attached hydrogens (tertiary/aromatic N) is 2. The number of hydrogen-bond acceptors (Lipinski definition) is 6. The van der Waals surface area contributed by atoms with Crippen LogP contribution in [0.1, 0.15) is 54.2 Å². The number of rotatable bonds is 10. The minimum Gasteiger partial charge on any atom is -0.488 e. The van der Waals surface area contributed by atoms with E-state index in [0.29, 0.717) is 35.2 Å². The number of benzene rings is 3. The van der Waals surface area contributed by atoms with Gasteiger partial charge in [-0.3, -0.25) is 4.98 Å². The summed E-state index contributed by atoms with van der Waals surface area (Å²) in [5.41, 5.74) is 6.16. The second-order valence-corrected chi connectivity index (χ2v) is 11.1. The summed E-state index contributed by atoms with van der Waals surface area (Å²) in [6, 6.07) is 24.4. The van der Waals surface area contributed by atoms with Gasteiger partial charge in [0.1, 0.15) is 30.3 Å². The van der Waals surface area contributed by atoms with Crippen molar-refractivity contribution in [2.75, 3.05) is 6.54 Å². The number of aliphatic hydroxyl groups is 1.